The van der Waals surface area contributed by atoms with Gasteiger partial charge >= 0.3 is 0 Å². The molecule has 1 aliphatic carbocycles. The molecular formula is C21H23NO3. The summed E-state index contributed by atoms with van der Waals surface area (Å²) in [5.41, 5.74) is 3.61. The van der Waals surface area contributed by atoms with Gasteiger partial charge in [0.05, 0.1) is 13.2 Å². The predicted molar refractivity (Wildman–Crippen MR) is 98.0 cm³/mol. The van der Waals surface area contributed by atoms with Gasteiger partial charge in [0.2, 0.25) is 0 Å². The first-order valence-electron chi connectivity index (χ1n) is 8.49. The van der Waals surface area contributed by atoms with Gasteiger partial charge in [-0.1, -0.05) is 36.4 Å². The number of benzene rings is 2. The van der Waals surface area contributed by atoms with Crippen LogP contribution in [0.25, 0.3) is 0 Å². The van der Waals surface area contributed by atoms with Crippen LogP contribution in [0.15, 0.2) is 55.1 Å². The van der Waals surface area contributed by atoms with Crippen LogP contribution in [0.2, 0.25) is 0 Å². The van der Waals surface area contributed by atoms with Crippen molar-refractivity contribution >= 4 is 5.91 Å². The lowest BCUT2D eigenvalue weighted by molar-refractivity contribution is -0.123. The topological polar surface area (TPSA) is 47.6 Å². The molecule has 0 saturated heterocycles. The second-order valence-electron chi connectivity index (χ2n) is 6.12. The molecule has 0 fully saturated rings. The predicted octanol–water partition coefficient (Wildman–Crippen LogP) is 3.61. The minimum Gasteiger partial charge on any atom is -0.493 e. The van der Waals surface area contributed by atoms with Gasteiger partial charge in [-0.25, -0.2) is 0 Å². The van der Waals surface area contributed by atoms with Crippen molar-refractivity contribution in [2.75, 3.05) is 13.7 Å². The van der Waals surface area contributed by atoms with Gasteiger partial charge in [-0.15, -0.1) is 6.58 Å². The van der Waals surface area contributed by atoms with Crippen LogP contribution in [0.5, 0.6) is 11.5 Å². The van der Waals surface area contributed by atoms with Crippen molar-refractivity contribution in [2.24, 2.45) is 0 Å². The zero-order valence-corrected chi connectivity index (χ0v) is 14.5. The quantitative estimate of drug-likeness (QED) is 0.785. The van der Waals surface area contributed by atoms with Crippen molar-refractivity contribution in [3.05, 3.63) is 71.8 Å². The Balaban J connectivity index is 1.59. The number of rotatable bonds is 7. The van der Waals surface area contributed by atoms with Crippen molar-refractivity contribution in [1.29, 1.82) is 0 Å². The molecule has 0 heterocycles. The Morgan fingerprint density at radius 1 is 1.28 bits per heavy atom. The molecule has 0 unspecified atom stereocenters. The summed E-state index contributed by atoms with van der Waals surface area (Å²) < 4.78 is 11.0. The summed E-state index contributed by atoms with van der Waals surface area (Å²) in [6.07, 6.45) is 4.53. The minimum absolute atomic E-state index is 0.0319. The summed E-state index contributed by atoms with van der Waals surface area (Å²) in [5.74, 6) is 1.06. The molecule has 0 saturated carbocycles. The van der Waals surface area contributed by atoms with Crippen molar-refractivity contribution < 1.29 is 14.3 Å². The van der Waals surface area contributed by atoms with E-state index in [1.807, 2.05) is 36.4 Å². The van der Waals surface area contributed by atoms with Crippen LogP contribution in [-0.4, -0.2) is 19.6 Å². The van der Waals surface area contributed by atoms with Gasteiger partial charge in [-0.05, 0) is 48.1 Å². The lowest BCUT2D eigenvalue weighted by Crippen LogP contribution is -2.31. The molecule has 130 valence electrons. The van der Waals surface area contributed by atoms with E-state index in [4.69, 9.17) is 9.47 Å². The minimum atomic E-state index is -0.126. The highest BCUT2D eigenvalue weighted by atomic mass is 16.5. The number of ether oxygens (including phenoxy) is 2. The number of carbonyl (C=O) groups excluding carboxylic acids is 1. The molecule has 0 radical (unpaired) electrons. The molecular weight excluding hydrogens is 314 g/mol. The zero-order valence-electron chi connectivity index (χ0n) is 14.5. The largest absolute Gasteiger partial charge is 0.493 e. The highest BCUT2D eigenvalue weighted by molar-refractivity contribution is 5.78. The number of allylic oxidation sites excluding steroid dienone is 1. The monoisotopic (exact) mass is 337 g/mol. The number of aryl methyl sites for hydroxylation is 1. The third-order valence-electron chi connectivity index (χ3n) is 4.43. The van der Waals surface area contributed by atoms with Gasteiger partial charge in [-0.3, -0.25) is 4.79 Å². The zero-order chi connectivity index (χ0) is 17.6. The van der Waals surface area contributed by atoms with E-state index in [1.165, 1.54) is 11.1 Å². The second kappa shape index (κ2) is 7.88. The highest BCUT2D eigenvalue weighted by Crippen LogP contribution is 2.31. The molecule has 1 aliphatic rings. The van der Waals surface area contributed by atoms with Crippen LogP contribution >= 0.6 is 0 Å². The number of fused-ring (bicyclic) bond motifs is 1. The van der Waals surface area contributed by atoms with E-state index in [2.05, 4.69) is 24.0 Å². The van der Waals surface area contributed by atoms with Gasteiger partial charge in [0, 0.05) is 0 Å². The fourth-order valence-electron chi connectivity index (χ4n) is 3.21. The standard InChI is InChI=1S/C21H23NO3/c1-3-6-15-9-12-19(20(13-15)24-2)25-14-21(23)22-18-11-10-16-7-4-5-8-17(16)18/h3-5,7-9,12-13,18H,1,6,10-11,14H2,2H3,(H,22,23)/t18-/m0/s1. The van der Waals surface area contributed by atoms with E-state index in [0.717, 1.165) is 24.8 Å². The normalized spacial score (nSPS) is 15.3. The lowest BCUT2D eigenvalue weighted by atomic mass is 10.1. The molecule has 1 amide bonds. The first-order chi connectivity index (χ1) is 12.2. The Labute approximate surface area is 148 Å². The molecule has 0 bridgehead atoms. The molecule has 0 aromatic heterocycles. The van der Waals surface area contributed by atoms with Gasteiger partial charge in [0.25, 0.3) is 5.91 Å². The summed E-state index contributed by atoms with van der Waals surface area (Å²) in [6, 6.07) is 14.0. The summed E-state index contributed by atoms with van der Waals surface area (Å²) in [4.78, 5) is 12.3. The SMILES string of the molecule is C=CCc1ccc(OCC(=O)N[C@H]2CCc3ccccc32)c(OC)c1. The van der Waals surface area contributed by atoms with E-state index in [0.29, 0.717) is 11.5 Å². The Kier molecular flexibility index (Phi) is 5.39. The van der Waals surface area contributed by atoms with Crippen LogP contribution < -0.4 is 14.8 Å². The lowest BCUT2D eigenvalue weighted by Gasteiger charge is -2.15. The van der Waals surface area contributed by atoms with Crippen LogP contribution in [0.4, 0.5) is 0 Å². The molecule has 4 nitrogen and oxygen atoms in total. The van der Waals surface area contributed by atoms with Crippen LogP contribution in [0.3, 0.4) is 0 Å². The smallest absolute Gasteiger partial charge is 0.258 e. The fraction of sp³-hybridized carbons (Fsp3) is 0.286. The van der Waals surface area contributed by atoms with Crippen molar-refractivity contribution in [2.45, 2.75) is 25.3 Å². The third kappa shape index (κ3) is 4.02. The summed E-state index contributed by atoms with van der Waals surface area (Å²) >= 11 is 0. The van der Waals surface area contributed by atoms with E-state index in [9.17, 15) is 4.79 Å². The fourth-order valence-corrected chi connectivity index (χ4v) is 3.21. The molecule has 2 aromatic carbocycles. The number of amides is 1. The third-order valence-corrected chi connectivity index (χ3v) is 4.43. The van der Waals surface area contributed by atoms with Gasteiger partial charge < -0.3 is 14.8 Å². The van der Waals surface area contributed by atoms with Crippen molar-refractivity contribution in [1.82, 2.24) is 5.32 Å². The average Bonchev–Trinajstić information content (AvgIpc) is 3.04. The first kappa shape index (κ1) is 17.1. The van der Waals surface area contributed by atoms with Gasteiger partial charge in [-0.2, -0.15) is 0 Å². The van der Waals surface area contributed by atoms with Crippen LogP contribution in [-0.2, 0) is 17.6 Å². The van der Waals surface area contributed by atoms with Crippen LogP contribution in [0, 0.1) is 0 Å². The van der Waals surface area contributed by atoms with E-state index >= 15 is 0 Å². The molecule has 0 aliphatic heterocycles. The number of hydrogen-bond acceptors (Lipinski definition) is 3. The first-order valence-corrected chi connectivity index (χ1v) is 8.49. The molecule has 4 heteroatoms. The molecule has 2 aromatic rings. The Hall–Kier alpha value is -2.75. The number of carbonyl (C=O) groups is 1. The molecule has 1 atom stereocenters. The molecule has 1 N–H and O–H groups in total. The van der Waals surface area contributed by atoms with Gasteiger partial charge in [0.15, 0.2) is 18.1 Å². The van der Waals surface area contributed by atoms with Crippen LogP contribution in [0.1, 0.15) is 29.2 Å². The Morgan fingerprint density at radius 3 is 2.92 bits per heavy atom. The second-order valence-corrected chi connectivity index (χ2v) is 6.12. The summed E-state index contributed by atoms with van der Waals surface area (Å²) in [5, 5.41) is 3.06. The number of methoxy groups -OCH3 is 1. The summed E-state index contributed by atoms with van der Waals surface area (Å²) in [6.45, 7) is 3.70. The van der Waals surface area contributed by atoms with E-state index in [1.54, 1.807) is 7.11 Å². The van der Waals surface area contributed by atoms with E-state index in [-0.39, 0.29) is 18.6 Å². The Morgan fingerprint density at radius 2 is 2.12 bits per heavy atom. The highest BCUT2D eigenvalue weighted by Gasteiger charge is 2.23. The number of nitrogens with one attached hydrogen (secondary N) is 1. The molecule has 3 rings (SSSR count). The van der Waals surface area contributed by atoms with Crippen molar-refractivity contribution in [3.63, 3.8) is 0 Å². The molecule has 25 heavy (non-hydrogen) atoms. The Bertz CT molecular complexity index is 769. The average molecular weight is 337 g/mol. The van der Waals surface area contributed by atoms with Crippen molar-refractivity contribution in [3.8, 4) is 11.5 Å². The molecule has 0 spiro atoms. The number of hydrogen-bond donors (Lipinski definition) is 1. The maximum Gasteiger partial charge on any atom is 0.258 e. The maximum absolute atomic E-state index is 12.3. The maximum atomic E-state index is 12.3. The van der Waals surface area contributed by atoms with E-state index < -0.39 is 0 Å². The summed E-state index contributed by atoms with van der Waals surface area (Å²) in [7, 11) is 1.59. The van der Waals surface area contributed by atoms with Gasteiger partial charge in [0.1, 0.15) is 0 Å².